The lowest BCUT2D eigenvalue weighted by Gasteiger charge is -2.24. The summed E-state index contributed by atoms with van der Waals surface area (Å²) in [5, 5.41) is 3.12. The number of nitrogens with one attached hydrogen (secondary N) is 1. The molecule has 0 saturated carbocycles. The maximum Gasteiger partial charge on any atom is 0.256 e. The van der Waals surface area contributed by atoms with Gasteiger partial charge in [0.2, 0.25) is 5.91 Å². The van der Waals surface area contributed by atoms with Gasteiger partial charge in [-0.3, -0.25) is 14.5 Å². The van der Waals surface area contributed by atoms with E-state index >= 15 is 0 Å². The Morgan fingerprint density at radius 1 is 0.902 bits per heavy atom. The van der Waals surface area contributed by atoms with Crippen molar-refractivity contribution in [1.29, 1.82) is 0 Å². The summed E-state index contributed by atoms with van der Waals surface area (Å²) in [5.41, 5.74) is 2.00. The van der Waals surface area contributed by atoms with E-state index in [1.54, 1.807) is 29.2 Å². The molecule has 0 spiro atoms. The Bertz CT molecular complexity index is 1370. The number of carbonyl (C=O) groups excluding carboxylic acids is 2. The predicted molar refractivity (Wildman–Crippen MR) is 160 cm³/mol. The normalized spacial score (nSPS) is 14.8. The molecule has 1 saturated heterocycles. The summed E-state index contributed by atoms with van der Waals surface area (Å²) < 4.78 is 30.5. The van der Waals surface area contributed by atoms with Crippen molar-refractivity contribution in [2.24, 2.45) is 0 Å². The predicted octanol–water partition coefficient (Wildman–Crippen LogP) is 5.60. The fourth-order valence-corrected chi connectivity index (χ4v) is 5.02. The van der Waals surface area contributed by atoms with Crippen LogP contribution in [0.1, 0.15) is 32.8 Å². The van der Waals surface area contributed by atoms with E-state index in [-0.39, 0.29) is 23.3 Å². The number of hydrogen-bond acceptors (Lipinski definition) is 6. The molecule has 216 valence electrons. The van der Waals surface area contributed by atoms with Gasteiger partial charge in [-0.15, -0.1) is 0 Å². The number of anilines is 2. The summed E-state index contributed by atoms with van der Waals surface area (Å²) in [7, 11) is 0. The Kier molecular flexibility index (Phi) is 10.1. The van der Waals surface area contributed by atoms with Crippen LogP contribution in [-0.4, -0.2) is 54.2 Å². The highest BCUT2D eigenvalue weighted by Gasteiger charge is 2.44. The molecule has 1 aliphatic rings. The zero-order valence-corrected chi connectivity index (χ0v) is 24.2. The van der Waals surface area contributed by atoms with Crippen LogP contribution in [0.3, 0.4) is 0 Å². The Hall–Kier alpha value is -4.18. The molecule has 2 amide bonds. The second-order valence-electron chi connectivity index (χ2n) is 9.25. The lowest BCUT2D eigenvalue weighted by atomic mass is 10.1. The first-order chi connectivity index (χ1) is 19.8. The monoisotopic (exact) mass is 579 g/mol. The zero-order chi connectivity index (χ0) is 29.4. The number of ether oxygens (including phenoxy) is 3. The number of halogens is 1. The molecule has 0 aromatic heterocycles. The van der Waals surface area contributed by atoms with E-state index in [0.29, 0.717) is 61.4 Å². The highest BCUT2D eigenvalue weighted by molar-refractivity contribution is 7.80. The highest BCUT2D eigenvalue weighted by Crippen LogP contribution is 2.31. The van der Waals surface area contributed by atoms with Gasteiger partial charge in [0.15, 0.2) is 16.6 Å². The van der Waals surface area contributed by atoms with Crippen molar-refractivity contribution in [1.82, 2.24) is 4.90 Å². The summed E-state index contributed by atoms with van der Waals surface area (Å²) >= 11 is 5.74. The van der Waals surface area contributed by atoms with Gasteiger partial charge in [-0.2, -0.15) is 0 Å². The van der Waals surface area contributed by atoms with E-state index in [0.717, 1.165) is 5.56 Å². The molecule has 0 bridgehead atoms. The van der Waals surface area contributed by atoms with Crippen LogP contribution in [0.4, 0.5) is 15.8 Å². The maximum atomic E-state index is 13.7. The average Bonchev–Trinajstić information content (AvgIpc) is 3.18. The van der Waals surface area contributed by atoms with Crippen LogP contribution >= 0.6 is 12.2 Å². The molecule has 1 aliphatic heterocycles. The summed E-state index contributed by atoms with van der Waals surface area (Å²) in [6.07, 6.45) is 0.422. The first-order valence-electron chi connectivity index (χ1n) is 13.7. The summed E-state index contributed by atoms with van der Waals surface area (Å²) in [4.78, 5) is 29.9. The standard InChI is InChI=1S/C31H34FN3O5S/c1-4-38-25-14-10-23(11-15-25)33-29(36)20-26-30(37)35(24-12-8-22(32)9-13-24)31(41)34(26)18-17-21-7-16-27(39-5-2)28(19-21)40-6-3/h7-16,19,26H,4-6,17-18,20H2,1-3H3,(H,33,36)/t26-/m0/s1. The number of thiocarbonyl (C=S) groups is 1. The molecule has 1 fully saturated rings. The molecule has 1 heterocycles. The lowest BCUT2D eigenvalue weighted by molar-refractivity contribution is -0.124. The van der Waals surface area contributed by atoms with Gasteiger partial charge in [-0.1, -0.05) is 6.07 Å². The van der Waals surface area contributed by atoms with E-state index in [9.17, 15) is 14.0 Å². The fourth-order valence-electron chi connectivity index (χ4n) is 4.60. The Labute approximate surface area is 245 Å². The van der Waals surface area contributed by atoms with Crippen LogP contribution in [-0.2, 0) is 16.0 Å². The SMILES string of the molecule is CCOc1ccc(NC(=O)C[C@H]2C(=O)N(c3ccc(F)cc3)C(=S)N2CCc2ccc(OCC)c(OCC)c2)cc1. The van der Waals surface area contributed by atoms with E-state index in [2.05, 4.69) is 5.32 Å². The quantitative estimate of drug-likeness (QED) is 0.264. The number of amides is 2. The van der Waals surface area contributed by atoms with Crippen molar-refractivity contribution in [2.75, 3.05) is 36.6 Å². The molecule has 3 aromatic rings. The number of rotatable bonds is 13. The van der Waals surface area contributed by atoms with E-state index in [1.807, 2.05) is 39.0 Å². The van der Waals surface area contributed by atoms with Gasteiger partial charge in [-0.25, -0.2) is 4.39 Å². The number of carbonyl (C=O) groups is 2. The summed E-state index contributed by atoms with van der Waals surface area (Å²) in [6.45, 7) is 7.64. The van der Waals surface area contributed by atoms with Gasteiger partial charge in [-0.05, 0) is 106 Å². The molecular formula is C31H34FN3O5S. The van der Waals surface area contributed by atoms with Crippen molar-refractivity contribution in [3.8, 4) is 17.2 Å². The molecule has 8 nitrogen and oxygen atoms in total. The van der Waals surface area contributed by atoms with Crippen LogP contribution < -0.4 is 24.4 Å². The third-order valence-corrected chi connectivity index (χ3v) is 6.90. The van der Waals surface area contributed by atoms with Crippen LogP contribution in [0.15, 0.2) is 66.7 Å². The average molecular weight is 580 g/mol. The minimum absolute atomic E-state index is 0.114. The van der Waals surface area contributed by atoms with E-state index < -0.39 is 11.9 Å². The first-order valence-corrected chi connectivity index (χ1v) is 14.1. The number of hydrogen-bond donors (Lipinski definition) is 1. The Balaban J connectivity index is 1.54. The van der Waals surface area contributed by atoms with Crippen molar-refractivity contribution < 1.29 is 28.2 Å². The number of benzene rings is 3. The van der Waals surface area contributed by atoms with Gasteiger partial charge >= 0.3 is 0 Å². The summed E-state index contributed by atoms with van der Waals surface area (Å²) in [6, 6.07) is 17.5. The topological polar surface area (TPSA) is 80.3 Å². The lowest BCUT2D eigenvalue weighted by Crippen LogP contribution is -2.39. The summed E-state index contributed by atoms with van der Waals surface area (Å²) in [5.74, 6) is 0.910. The zero-order valence-electron chi connectivity index (χ0n) is 23.4. The minimum atomic E-state index is -0.829. The maximum absolute atomic E-state index is 13.7. The third-order valence-electron chi connectivity index (χ3n) is 6.48. The molecule has 1 atom stereocenters. The molecular weight excluding hydrogens is 545 g/mol. The Morgan fingerprint density at radius 2 is 1.56 bits per heavy atom. The molecule has 10 heteroatoms. The van der Waals surface area contributed by atoms with Crippen molar-refractivity contribution in [3.05, 3.63) is 78.1 Å². The highest BCUT2D eigenvalue weighted by atomic mass is 32.1. The largest absolute Gasteiger partial charge is 0.494 e. The van der Waals surface area contributed by atoms with Gasteiger partial charge in [0.05, 0.1) is 31.9 Å². The van der Waals surface area contributed by atoms with Gasteiger partial charge < -0.3 is 24.4 Å². The Morgan fingerprint density at radius 3 is 2.22 bits per heavy atom. The van der Waals surface area contributed by atoms with Crippen molar-refractivity contribution in [2.45, 2.75) is 39.7 Å². The van der Waals surface area contributed by atoms with Crippen LogP contribution in [0, 0.1) is 5.82 Å². The number of nitrogens with zero attached hydrogens (tertiary/aromatic N) is 2. The molecule has 1 N–H and O–H groups in total. The van der Waals surface area contributed by atoms with Crippen LogP contribution in [0.25, 0.3) is 0 Å². The second kappa shape index (κ2) is 13.9. The van der Waals surface area contributed by atoms with E-state index in [4.69, 9.17) is 26.4 Å². The smallest absolute Gasteiger partial charge is 0.256 e. The van der Waals surface area contributed by atoms with Crippen LogP contribution in [0.2, 0.25) is 0 Å². The second-order valence-corrected chi connectivity index (χ2v) is 9.61. The van der Waals surface area contributed by atoms with E-state index in [1.165, 1.54) is 29.2 Å². The fraction of sp³-hybridized carbons (Fsp3) is 0.323. The molecule has 4 rings (SSSR count). The first kappa shape index (κ1) is 29.8. The molecule has 3 aromatic carbocycles. The minimum Gasteiger partial charge on any atom is -0.494 e. The van der Waals surface area contributed by atoms with Crippen LogP contribution in [0.5, 0.6) is 17.2 Å². The van der Waals surface area contributed by atoms with Crippen molar-refractivity contribution in [3.63, 3.8) is 0 Å². The van der Waals surface area contributed by atoms with Gasteiger partial charge in [0.1, 0.15) is 17.6 Å². The molecule has 41 heavy (non-hydrogen) atoms. The molecule has 0 unspecified atom stereocenters. The third kappa shape index (κ3) is 7.32. The van der Waals surface area contributed by atoms with Gasteiger partial charge in [0, 0.05) is 12.2 Å². The van der Waals surface area contributed by atoms with Gasteiger partial charge in [0.25, 0.3) is 5.91 Å². The molecule has 0 aliphatic carbocycles. The molecule has 0 radical (unpaired) electrons. The van der Waals surface area contributed by atoms with Crippen molar-refractivity contribution >= 4 is 40.5 Å².